The first-order valence-corrected chi connectivity index (χ1v) is 10.1. The van der Waals surface area contributed by atoms with Crippen molar-refractivity contribution in [3.8, 4) is 17.2 Å². The number of benzene rings is 2. The minimum atomic E-state index is -1.63. The molecule has 170 valence electrons. The number of hydrogen-bond acceptors (Lipinski definition) is 9. The summed E-state index contributed by atoms with van der Waals surface area (Å²) in [5.41, 5.74) is 0.772. The van der Waals surface area contributed by atoms with Gasteiger partial charge in [-0.25, -0.2) is 0 Å². The van der Waals surface area contributed by atoms with E-state index >= 15 is 0 Å². The van der Waals surface area contributed by atoms with E-state index in [1.54, 1.807) is 19.1 Å². The lowest BCUT2D eigenvalue weighted by Gasteiger charge is -2.39. The van der Waals surface area contributed by atoms with Gasteiger partial charge in [0.25, 0.3) is 0 Å². The molecule has 0 amide bonds. The molecule has 1 saturated heterocycles. The van der Waals surface area contributed by atoms with Gasteiger partial charge in [0, 0.05) is 12.5 Å². The molecule has 0 spiro atoms. The predicted octanol–water partition coefficient (Wildman–Crippen LogP) is 1.02. The van der Waals surface area contributed by atoms with Gasteiger partial charge in [-0.05, 0) is 30.4 Å². The summed E-state index contributed by atoms with van der Waals surface area (Å²) in [5, 5.41) is 51.4. The van der Waals surface area contributed by atoms with Crippen LogP contribution in [0.1, 0.15) is 35.7 Å². The number of carbonyl (C=O) groups excluding carboxylic acids is 1. The van der Waals surface area contributed by atoms with E-state index in [1.807, 2.05) is 6.92 Å². The fourth-order valence-electron chi connectivity index (χ4n) is 3.80. The minimum absolute atomic E-state index is 0.0433. The number of rotatable bonds is 7. The Balaban J connectivity index is 2.12. The number of phenols is 1. The van der Waals surface area contributed by atoms with Crippen LogP contribution in [0.2, 0.25) is 0 Å². The van der Waals surface area contributed by atoms with Crippen molar-refractivity contribution in [2.24, 2.45) is 0 Å². The van der Waals surface area contributed by atoms with Crippen molar-refractivity contribution in [3.63, 3.8) is 0 Å². The Labute approximate surface area is 179 Å². The number of aromatic hydroxyl groups is 1. The number of aliphatic hydroxyl groups excluding tert-OH is 4. The monoisotopic (exact) mass is 436 g/mol. The highest BCUT2D eigenvalue weighted by atomic mass is 16.7. The Kier molecular flexibility index (Phi) is 7.03. The second kappa shape index (κ2) is 9.37. The third kappa shape index (κ3) is 4.32. The van der Waals surface area contributed by atoms with E-state index in [4.69, 9.17) is 14.2 Å². The topological polar surface area (TPSA) is 146 Å². The van der Waals surface area contributed by atoms with Gasteiger partial charge in [-0.3, -0.25) is 4.79 Å². The number of aryl methyl sites for hydroxylation is 1. The molecule has 1 aliphatic rings. The number of methoxy groups -OCH3 is 1. The van der Waals surface area contributed by atoms with Crippen molar-refractivity contribution in [3.05, 3.63) is 29.3 Å². The maximum Gasteiger partial charge on any atom is 0.229 e. The summed E-state index contributed by atoms with van der Waals surface area (Å²) in [6.45, 7) is 2.98. The molecule has 3 rings (SSSR count). The predicted molar refractivity (Wildman–Crippen MR) is 111 cm³/mol. The van der Waals surface area contributed by atoms with E-state index in [9.17, 15) is 30.3 Å². The maximum atomic E-state index is 12.6. The van der Waals surface area contributed by atoms with Crippen molar-refractivity contribution in [1.82, 2.24) is 0 Å². The average molecular weight is 436 g/mol. The smallest absolute Gasteiger partial charge is 0.229 e. The summed E-state index contributed by atoms with van der Waals surface area (Å²) in [4.78, 5) is 12.6. The van der Waals surface area contributed by atoms with E-state index in [-0.39, 0.29) is 34.7 Å². The van der Waals surface area contributed by atoms with Crippen molar-refractivity contribution in [2.75, 3.05) is 13.7 Å². The highest BCUT2D eigenvalue weighted by molar-refractivity contribution is 6.08. The van der Waals surface area contributed by atoms with E-state index in [1.165, 1.54) is 13.2 Å². The summed E-state index contributed by atoms with van der Waals surface area (Å²) in [6, 6.07) is 4.84. The summed E-state index contributed by atoms with van der Waals surface area (Å²) in [5.74, 6) is -0.0510. The van der Waals surface area contributed by atoms with Gasteiger partial charge in [0.1, 0.15) is 41.7 Å². The summed E-state index contributed by atoms with van der Waals surface area (Å²) < 4.78 is 16.5. The average Bonchev–Trinajstić information content (AvgIpc) is 2.73. The van der Waals surface area contributed by atoms with Gasteiger partial charge in [-0.1, -0.05) is 13.0 Å². The molecule has 0 radical (unpaired) electrons. The minimum Gasteiger partial charge on any atom is -0.506 e. The number of aliphatic hydroxyl groups is 4. The fraction of sp³-hybridized carbons (Fsp3) is 0.500. The summed E-state index contributed by atoms with van der Waals surface area (Å²) >= 11 is 0. The molecule has 0 aromatic heterocycles. The lowest BCUT2D eigenvalue weighted by Crippen LogP contribution is -2.60. The molecule has 0 aliphatic carbocycles. The molecule has 1 aliphatic heterocycles. The number of ether oxygens (including phenoxy) is 3. The molecule has 0 unspecified atom stereocenters. The summed E-state index contributed by atoms with van der Waals surface area (Å²) in [7, 11) is 1.45. The number of hydrogen-bond donors (Lipinski definition) is 5. The van der Waals surface area contributed by atoms with Gasteiger partial charge in [0.2, 0.25) is 6.29 Å². The standard InChI is InChI=1S/C22H28O9/c1-4-5-13(24)16-10(2)6-11-7-12(29-3)8-14(17(11)19(16)26)30-22-21(28)20(27)18(25)15(9-23)31-22/h6-8,15,18,20-23,25-28H,4-5,9H2,1-3H3/t15-,18-,20+,21-,22+/m1/s1. The van der Waals surface area contributed by atoms with Gasteiger partial charge >= 0.3 is 0 Å². The quantitative estimate of drug-likeness (QED) is 0.402. The second-order valence-electron chi connectivity index (χ2n) is 7.63. The lowest BCUT2D eigenvalue weighted by molar-refractivity contribution is -0.277. The molecule has 9 nitrogen and oxygen atoms in total. The maximum absolute atomic E-state index is 12.6. The van der Waals surface area contributed by atoms with Crippen molar-refractivity contribution in [1.29, 1.82) is 0 Å². The Morgan fingerprint density at radius 3 is 2.45 bits per heavy atom. The van der Waals surface area contributed by atoms with Gasteiger partial charge in [-0.15, -0.1) is 0 Å². The molecule has 0 saturated carbocycles. The first-order valence-electron chi connectivity index (χ1n) is 10.1. The molecule has 1 heterocycles. The fourth-order valence-corrected chi connectivity index (χ4v) is 3.80. The third-order valence-electron chi connectivity index (χ3n) is 5.43. The van der Waals surface area contributed by atoms with Crippen LogP contribution in [-0.2, 0) is 4.74 Å². The van der Waals surface area contributed by atoms with Crippen molar-refractivity contribution < 1.29 is 44.5 Å². The van der Waals surface area contributed by atoms with Gasteiger partial charge in [0.15, 0.2) is 5.78 Å². The van der Waals surface area contributed by atoms with E-state index in [0.29, 0.717) is 23.1 Å². The molecule has 0 bridgehead atoms. The second-order valence-corrected chi connectivity index (χ2v) is 7.63. The van der Waals surface area contributed by atoms with Gasteiger partial charge in [-0.2, -0.15) is 0 Å². The molecule has 2 aromatic carbocycles. The van der Waals surface area contributed by atoms with E-state index < -0.39 is 37.3 Å². The van der Waals surface area contributed by atoms with Crippen LogP contribution in [0.5, 0.6) is 17.2 Å². The Morgan fingerprint density at radius 2 is 1.84 bits per heavy atom. The Hall–Kier alpha value is -2.43. The molecule has 31 heavy (non-hydrogen) atoms. The van der Waals surface area contributed by atoms with E-state index in [2.05, 4.69) is 0 Å². The zero-order valence-electron chi connectivity index (χ0n) is 17.6. The molecular formula is C22H28O9. The van der Waals surface area contributed by atoms with Crippen LogP contribution in [0.3, 0.4) is 0 Å². The van der Waals surface area contributed by atoms with Crippen LogP contribution in [-0.4, -0.2) is 75.7 Å². The van der Waals surface area contributed by atoms with Crippen LogP contribution in [0.15, 0.2) is 18.2 Å². The zero-order chi connectivity index (χ0) is 22.9. The number of phenolic OH excluding ortho intramolecular Hbond substituents is 1. The van der Waals surface area contributed by atoms with Crippen LogP contribution in [0, 0.1) is 6.92 Å². The number of ketones is 1. The Bertz CT molecular complexity index is 956. The highest BCUT2D eigenvalue weighted by Crippen LogP contribution is 2.42. The van der Waals surface area contributed by atoms with Crippen LogP contribution in [0.4, 0.5) is 0 Å². The molecular weight excluding hydrogens is 408 g/mol. The highest BCUT2D eigenvalue weighted by Gasteiger charge is 2.45. The van der Waals surface area contributed by atoms with E-state index in [0.717, 1.165) is 0 Å². The first-order chi connectivity index (χ1) is 14.7. The van der Waals surface area contributed by atoms with Crippen LogP contribution < -0.4 is 9.47 Å². The van der Waals surface area contributed by atoms with Crippen molar-refractivity contribution in [2.45, 2.75) is 57.4 Å². The summed E-state index contributed by atoms with van der Waals surface area (Å²) in [6.07, 6.45) is -6.51. The Morgan fingerprint density at radius 1 is 1.13 bits per heavy atom. The first kappa shape index (κ1) is 23.2. The largest absolute Gasteiger partial charge is 0.506 e. The third-order valence-corrected chi connectivity index (χ3v) is 5.43. The lowest BCUT2D eigenvalue weighted by atomic mass is 9.95. The van der Waals surface area contributed by atoms with Crippen molar-refractivity contribution >= 4 is 16.6 Å². The number of fused-ring (bicyclic) bond motifs is 1. The number of carbonyl (C=O) groups is 1. The van der Waals surface area contributed by atoms with Gasteiger partial charge in [0.05, 0.1) is 24.7 Å². The molecule has 5 N–H and O–H groups in total. The van der Waals surface area contributed by atoms with Crippen LogP contribution >= 0.6 is 0 Å². The SMILES string of the molecule is CCCC(=O)c1c(C)cc2cc(OC)cc(O[C@H]3O[C@H](CO)[C@@H](O)[C@H](O)[C@H]3O)c2c1O. The molecule has 5 atom stereocenters. The number of Topliss-reactive ketones (excluding diaryl/α,β-unsaturated/α-hetero) is 1. The van der Waals surface area contributed by atoms with Crippen LogP contribution in [0.25, 0.3) is 10.8 Å². The molecule has 1 fully saturated rings. The molecule has 9 heteroatoms. The zero-order valence-corrected chi connectivity index (χ0v) is 17.6. The normalized spacial score (nSPS) is 26.1. The van der Waals surface area contributed by atoms with Gasteiger partial charge < -0.3 is 39.7 Å². The molecule has 2 aromatic rings.